The molecule has 3 rings (SSSR count). The number of aromatic nitrogens is 2. The van der Waals surface area contributed by atoms with Gasteiger partial charge in [-0.2, -0.15) is 5.26 Å². The van der Waals surface area contributed by atoms with E-state index in [1.165, 1.54) is 30.5 Å². The number of halogens is 1. The average molecular weight is 644 g/mol. The molecule has 0 spiro atoms. The number of hydrogen-bond acceptors (Lipinski definition) is 8. The molecule has 0 aliphatic carbocycles. The number of piperidine rings is 1. The minimum Gasteiger partial charge on any atom is -0.495 e. The normalized spacial score (nSPS) is 17.5. The van der Waals surface area contributed by atoms with Gasteiger partial charge in [-0.1, -0.05) is 32.4 Å². The number of nitrogens with zero attached hydrogens (tertiary/aromatic N) is 5. The third kappa shape index (κ3) is 9.34. The predicted octanol–water partition coefficient (Wildman–Crippen LogP) is 6.76. The van der Waals surface area contributed by atoms with Crippen molar-refractivity contribution >= 4 is 41.3 Å². The summed E-state index contributed by atoms with van der Waals surface area (Å²) in [5.41, 5.74) is -0.0940. The molecular weight excluding hydrogens is 602 g/mol. The van der Waals surface area contributed by atoms with E-state index in [2.05, 4.69) is 20.6 Å². The number of anilines is 2. The first-order chi connectivity index (χ1) is 20.9. The largest absolute Gasteiger partial charge is 0.495 e. The van der Waals surface area contributed by atoms with E-state index >= 15 is 0 Å². The maximum absolute atomic E-state index is 13.6. The highest BCUT2D eigenvalue weighted by Crippen LogP contribution is 2.39. The van der Waals surface area contributed by atoms with Crippen LogP contribution < -0.4 is 15.4 Å². The lowest BCUT2D eigenvalue weighted by Crippen LogP contribution is -2.53. The van der Waals surface area contributed by atoms with Gasteiger partial charge in [0.15, 0.2) is 11.5 Å². The fraction of sp³-hybridized carbons (Fsp3) is 0.548. The molecule has 1 aliphatic heterocycles. The highest BCUT2D eigenvalue weighted by molar-refractivity contribution is 6.32. The number of carbonyl (C=O) groups excluding carboxylic acids is 2. The van der Waals surface area contributed by atoms with Crippen LogP contribution in [0.5, 0.6) is 5.75 Å². The maximum atomic E-state index is 13.6. The van der Waals surface area contributed by atoms with Gasteiger partial charge in [-0.15, -0.1) is 0 Å². The molecule has 4 amide bonds. The highest BCUT2D eigenvalue weighted by Gasteiger charge is 2.40. The summed E-state index contributed by atoms with van der Waals surface area (Å²) in [6.07, 6.45) is 2.19. The van der Waals surface area contributed by atoms with Crippen LogP contribution in [0.15, 0.2) is 24.5 Å². The smallest absolute Gasteiger partial charge is 0.410 e. The summed E-state index contributed by atoms with van der Waals surface area (Å²) in [6.45, 7) is 13.9. The van der Waals surface area contributed by atoms with Gasteiger partial charge >= 0.3 is 18.2 Å². The summed E-state index contributed by atoms with van der Waals surface area (Å²) in [7, 11) is 1.45. The minimum absolute atomic E-state index is 0.00965. The zero-order valence-corrected chi connectivity index (χ0v) is 27.7. The molecule has 0 saturated carbocycles. The van der Waals surface area contributed by atoms with Crippen molar-refractivity contribution in [1.82, 2.24) is 19.8 Å². The summed E-state index contributed by atoms with van der Waals surface area (Å²) in [4.78, 5) is 49.2. The van der Waals surface area contributed by atoms with Crippen LogP contribution in [0.4, 0.5) is 25.9 Å². The molecule has 2 aromatic rings. The van der Waals surface area contributed by atoms with E-state index in [1.807, 2.05) is 33.8 Å². The monoisotopic (exact) mass is 643 g/mol. The Bertz CT molecular complexity index is 1430. The van der Waals surface area contributed by atoms with E-state index in [9.17, 15) is 19.5 Å². The lowest BCUT2D eigenvalue weighted by Gasteiger charge is -2.46. The second kappa shape index (κ2) is 14.2. The summed E-state index contributed by atoms with van der Waals surface area (Å²) in [5.74, 6) is 0.446. The predicted molar refractivity (Wildman–Crippen MR) is 169 cm³/mol. The van der Waals surface area contributed by atoms with Crippen molar-refractivity contribution in [2.45, 2.75) is 79.0 Å². The van der Waals surface area contributed by atoms with Crippen molar-refractivity contribution in [2.75, 3.05) is 30.8 Å². The molecule has 1 aromatic heterocycles. The molecule has 0 radical (unpaired) electrons. The van der Waals surface area contributed by atoms with Gasteiger partial charge < -0.3 is 29.7 Å². The molecule has 3 N–H and O–H groups in total. The summed E-state index contributed by atoms with van der Waals surface area (Å²) in [5, 5.41) is 24.2. The van der Waals surface area contributed by atoms with Gasteiger partial charge in [0.05, 0.1) is 31.2 Å². The minimum atomic E-state index is -0.947. The molecule has 14 heteroatoms. The highest BCUT2D eigenvalue weighted by atomic mass is 35.5. The number of urea groups is 1. The summed E-state index contributed by atoms with van der Waals surface area (Å²) >= 11 is 6.76. The van der Waals surface area contributed by atoms with Crippen LogP contribution in [-0.2, 0) is 4.74 Å². The Kier molecular flexibility index (Phi) is 11.1. The molecule has 3 unspecified atom stereocenters. The zero-order chi connectivity index (χ0) is 33.7. The van der Waals surface area contributed by atoms with Crippen molar-refractivity contribution < 1.29 is 29.0 Å². The number of methoxy groups -OCH3 is 1. The number of rotatable bonds is 7. The van der Waals surface area contributed by atoms with Crippen LogP contribution in [0, 0.1) is 22.7 Å². The third-order valence-electron chi connectivity index (χ3n) is 7.53. The standard InChI is InChI=1S/C31H42ClN7O6/c1-18(21-12-24(44-8)23(13-22(21)32)36-27(40)37-26-16-34-20(14-33)15-35-26)39(29(43)45-31(5,6)7)17-19-9-10-38(28(41)42)25(11-19)30(2,3)4/h12-13,15-16,18-19,25H,9-11,17H2,1-8H3,(H,41,42)(H2,35,36,37,40). The van der Waals surface area contributed by atoms with E-state index in [1.54, 1.807) is 31.7 Å². The second-order valence-corrected chi connectivity index (χ2v) is 13.5. The van der Waals surface area contributed by atoms with Gasteiger partial charge in [0.2, 0.25) is 0 Å². The first-order valence-electron chi connectivity index (χ1n) is 14.6. The molecular formula is C31H42ClN7O6. The van der Waals surface area contributed by atoms with E-state index < -0.39 is 29.9 Å². The molecule has 0 bridgehead atoms. The number of carboxylic acid groups (broad SMARTS) is 1. The SMILES string of the molecule is COc1cc(C(C)N(CC2CCN(C(=O)O)C(C(C)(C)C)C2)C(=O)OC(C)(C)C)c(Cl)cc1NC(=O)Nc1cnc(C#N)cn1. The third-order valence-corrected chi connectivity index (χ3v) is 7.86. The number of carbonyl (C=O) groups is 3. The van der Waals surface area contributed by atoms with Crippen LogP contribution in [-0.4, -0.2) is 74.9 Å². The molecule has 3 atom stereocenters. The quantitative estimate of drug-likeness (QED) is 0.295. The van der Waals surface area contributed by atoms with Crippen molar-refractivity contribution in [1.29, 1.82) is 5.26 Å². The Morgan fingerprint density at radius 3 is 2.40 bits per heavy atom. The molecule has 1 fully saturated rings. The zero-order valence-electron chi connectivity index (χ0n) is 27.0. The molecule has 1 aromatic carbocycles. The number of hydrogen-bond donors (Lipinski definition) is 3. The maximum Gasteiger partial charge on any atom is 0.410 e. The first-order valence-corrected chi connectivity index (χ1v) is 15.0. The lowest BCUT2D eigenvalue weighted by molar-refractivity contribution is 0.00120. The van der Waals surface area contributed by atoms with Gasteiger partial charge in [0.1, 0.15) is 17.4 Å². The molecule has 13 nitrogen and oxygen atoms in total. The Hall–Kier alpha value is -4.31. The first kappa shape index (κ1) is 35.2. The molecule has 2 heterocycles. The van der Waals surface area contributed by atoms with Crippen molar-refractivity contribution in [3.8, 4) is 11.8 Å². The van der Waals surface area contributed by atoms with Crippen LogP contribution in [0.25, 0.3) is 0 Å². The Balaban J connectivity index is 1.88. The van der Waals surface area contributed by atoms with Gasteiger partial charge in [-0.3, -0.25) is 5.32 Å². The fourth-order valence-electron chi connectivity index (χ4n) is 5.29. The number of ether oxygens (including phenoxy) is 2. The van der Waals surface area contributed by atoms with E-state index in [4.69, 9.17) is 26.3 Å². The molecule has 45 heavy (non-hydrogen) atoms. The summed E-state index contributed by atoms with van der Waals surface area (Å²) in [6, 6.07) is 3.62. The Labute approximate surface area is 268 Å². The number of likely N-dealkylation sites (tertiary alicyclic amines) is 1. The van der Waals surface area contributed by atoms with E-state index in [0.717, 1.165) is 0 Å². The van der Waals surface area contributed by atoms with E-state index in [0.29, 0.717) is 37.2 Å². The Morgan fingerprint density at radius 2 is 1.87 bits per heavy atom. The Morgan fingerprint density at radius 1 is 1.18 bits per heavy atom. The summed E-state index contributed by atoms with van der Waals surface area (Å²) < 4.78 is 11.4. The van der Waals surface area contributed by atoms with Crippen LogP contribution in [0.3, 0.4) is 0 Å². The van der Waals surface area contributed by atoms with E-state index in [-0.39, 0.29) is 39.6 Å². The van der Waals surface area contributed by atoms with Gasteiger partial charge in [-0.05, 0) is 69.6 Å². The second-order valence-electron chi connectivity index (χ2n) is 13.1. The van der Waals surface area contributed by atoms with Crippen LogP contribution >= 0.6 is 11.6 Å². The number of benzene rings is 1. The lowest BCUT2D eigenvalue weighted by atomic mass is 9.77. The van der Waals surface area contributed by atoms with Crippen LogP contribution in [0.1, 0.15) is 78.6 Å². The van der Waals surface area contributed by atoms with Gasteiger partial charge in [0.25, 0.3) is 0 Å². The van der Waals surface area contributed by atoms with Crippen molar-refractivity contribution in [3.05, 3.63) is 40.8 Å². The number of nitrogens with one attached hydrogen (secondary N) is 2. The van der Waals surface area contributed by atoms with Crippen molar-refractivity contribution in [2.24, 2.45) is 11.3 Å². The fourth-order valence-corrected chi connectivity index (χ4v) is 5.61. The molecule has 244 valence electrons. The number of nitriles is 1. The van der Waals surface area contributed by atoms with Gasteiger partial charge in [-0.25, -0.2) is 24.4 Å². The van der Waals surface area contributed by atoms with Crippen LogP contribution in [0.2, 0.25) is 5.02 Å². The van der Waals surface area contributed by atoms with Crippen molar-refractivity contribution in [3.63, 3.8) is 0 Å². The average Bonchev–Trinajstić information content (AvgIpc) is 2.94. The molecule has 1 aliphatic rings. The topological polar surface area (TPSA) is 170 Å². The molecule has 1 saturated heterocycles. The van der Waals surface area contributed by atoms with Gasteiger partial charge in [0, 0.05) is 24.2 Å². The number of amides is 4.